The van der Waals surface area contributed by atoms with Gasteiger partial charge >= 0.3 is 0 Å². The highest BCUT2D eigenvalue weighted by Crippen LogP contribution is 2.45. The number of para-hydroxylation sites is 1. The Bertz CT molecular complexity index is 1250. The average Bonchev–Trinajstić information content (AvgIpc) is 3.16. The van der Waals surface area contributed by atoms with Gasteiger partial charge in [-0.15, -0.1) is 0 Å². The van der Waals surface area contributed by atoms with Gasteiger partial charge in [0.15, 0.2) is 5.96 Å². The monoisotopic (exact) mass is 504 g/mol. The van der Waals surface area contributed by atoms with Crippen molar-refractivity contribution < 1.29 is 19.4 Å². The third-order valence-corrected chi connectivity index (χ3v) is 8.32. The Labute approximate surface area is 217 Å². The van der Waals surface area contributed by atoms with E-state index in [9.17, 15) is 14.7 Å². The van der Waals surface area contributed by atoms with E-state index in [0.717, 1.165) is 23.1 Å². The van der Waals surface area contributed by atoms with Crippen LogP contribution in [0, 0.1) is 5.41 Å². The average molecular weight is 505 g/mol. The molecule has 1 fully saturated rings. The summed E-state index contributed by atoms with van der Waals surface area (Å²) in [5.41, 5.74) is 1.87. The molecule has 5 atom stereocenters. The number of aliphatic hydroxyl groups is 1. The fourth-order valence-corrected chi connectivity index (χ4v) is 5.89. The Balaban J connectivity index is 1.44. The van der Waals surface area contributed by atoms with E-state index in [4.69, 9.17) is 10.1 Å². The summed E-state index contributed by atoms with van der Waals surface area (Å²) in [7, 11) is 0. The van der Waals surface area contributed by atoms with E-state index >= 15 is 0 Å². The first-order valence-corrected chi connectivity index (χ1v) is 13.0. The first-order valence-electron chi connectivity index (χ1n) is 13.0. The van der Waals surface area contributed by atoms with Crippen LogP contribution in [0.15, 0.2) is 42.5 Å². The van der Waals surface area contributed by atoms with Crippen molar-refractivity contribution in [1.82, 2.24) is 15.5 Å². The molecule has 1 saturated heterocycles. The molecule has 8 nitrogen and oxygen atoms in total. The summed E-state index contributed by atoms with van der Waals surface area (Å²) in [6.45, 7) is 9.69. The number of ether oxygens (including phenoxy) is 1. The van der Waals surface area contributed by atoms with Gasteiger partial charge in [-0.3, -0.25) is 19.9 Å². The molecule has 1 aliphatic carbocycles. The van der Waals surface area contributed by atoms with Gasteiger partial charge in [0, 0.05) is 16.7 Å². The molecule has 0 saturated carbocycles. The summed E-state index contributed by atoms with van der Waals surface area (Å²) in [5.74, 6) is 0.568. The number of aliphatic hydroxyl groups excluding tert-OH is 1. The molecule has 37 heavy (non-hydrogen) atoms. The molecule has 0 radical (unpaired) electrons. The molecule has 2 heterocycles. The van der Waals surface area contributed by atoms with Gasteiger partial charge in [-0.25, -0.2) is 0 Å². The number of benzene rings is 2. The Morgan fingerprint density at radius 3 is 2.62 bits per heavy atom. The zero-order valence-corrected chi connectivity index (χ0v) is 22.1. The van der Waals surface area contributed by atoms with Gasteiger partial charge in [0.05, 0.1) is 18.5 Å². The van der Waals surface area contributed by atoms with Gasteiger partial charge in [-0.05, 0) is 68.9 Å². The maximum absolute atomic E-state index is 13.5. The molecule has 2 aromatic rings. The molecule has 0 unspecified atom stereocenters. The fourth-order valence-electron chi connectivity index (χ4n) is 5.89. The van der Waals surface area contributed by atoms with E-state index in [-0.39, 0.29) is 29.7 Å². The molecule has 0 aromatic heterocycles. The van der Waals surface area contributed by atoms with E-state index in [1.54, 1.807) is 24.8 Å². The second-order valence-corrected chi connectivity index (χ2v) is 11.5. The third kappa shape index (κ3) is 4.27. The number of amides is 2. The summed E-state index contributed by atoms with van der Waals surface area (Å²) in [6, 6.07) is 12.1. The zero-order valence-electron chi connectivity index (χ0n) is 22.1. The van der Waals surface area contributed by atoms with Crippen LogP contribution in [0.4, 0.5) is 0 Å². The molecule has 2 aliphatic heterocycles. The van der Waals surface area contributed by atoms with Crippen LogP contribution in [0.2, 0.25) is 0 Å². The number of carbonyl (C=O) groups excluding carboxylic acids is 2. The fraction of sp³-hybridized carbons (Fsp3) is 0.483. The van der Waals surface area contributed by atoms with Crippen molar-refractivity contribution >= 4 is 17.8 Å². The summed E-state index contributed by atoms with van der Waals surface area (Å²) in [5, 5.41) is 25.9. The molecule has 2 amide bonds. The van der Waals surface area contributed by atoms with Crippen LogP contribution in [-0.2, 0) is 4.79 Å². The molecule has 4 N–H and O–H groups in total. The van der Waals surface area contributed by atoms with Crippen LogP contribution >= 0.6 is 0 Å². The highest BCUT2D eigenvalue weighted by atomic mass is 16.5. The topological polar surface area (TPSA) is 115 Å². The smallest absolute Gasteiger partial charge is 0.251 e. The van der Waals surface area contributed by atoms with Gasteiger partial charge in [0.25, 0.3) is 5.91 Å². The number of nitrogens with one attached hydrogen (secondary N) is 3. The second kappa shape index (κ2) is 8.87. The standard InChI is InChI=1S/C29H36N4O4/c1-6-29(5)15-23(34)33(27(30)32-29)21-13-16(2)18-12-11-17(14-20(18)21)26(36)31-24-19-9-7-8-10-22(19)37-28(3,4)25(24)35/h7-12,14,16,21,24-25,35H,6,13,15H2,1-5H3,(H2,30,32)(H,31,36)/t16-,21-,24+,25-,29+/m0/s1. The van der Waals surface area contributed by atoms with Crippen molar-refractivity contribution in [2.24, 2.45) is 0 Å². The van der Waals surface area contributed by atoms with Gasteiger partial charge in [-0.2, -0.15) is 0 Å². The molecule has 3 aliphatic rings. The molecule has 196 valence electrons. The third-order valence-electron chi connectivity index (χ3n) is 8.32. The lowest BCUT2D eigenvalue weighted by atomic mass is 9.86. The second-order valence-electron chi connectivity index (χ2n) is 11.5. The molecule has 2 aromatic carbocycles. The minimum absolute atomic E-state index is 0.0721. The molecule has 5 rings (SSSR count). The van der Waals surface area contributed by atoms with Gasteiger partial charge in [0.2, 0.25) is 5.91 Å². The Hall–Kier alpha value is -3.39. The van der Waals surface area contributed by atoms with E-state index < -0.39 is 23.3 Å². The molecular formula is C29H36N4O4. The van der Waals surface area contributed by atoms with Gasteiger partial charge in [-0.1, -0.05) is 38.1 Å². The van der Waals surface area contributed by atoms with Crippen molar-refractivity contribution in [3.05, 3.63) is 64.7 Å². The highest BCUT2D eigenvalue weighted by molar-refractivity contribution is 6.00. The lowest BCUT2D eigenvalue weighted by Gasteiger charge is -2.43. The summed E-state index contributed by atoms with van der Waals surface area (Å²) in [6.07, 6.45) is 0.816. The van der Waals surface area contributed by atoms with Crippen molar-refractivity contribution in [3.8, 4) is 5.75 Å². The number of carbonyl (C=O) groups is 2. The Kier molecular flexibility index (Phi) is 6.06. The summed E-state index contributed by atoms with van der Waals surface area (Å²) in [4.78, 5) is 28.3. The normalized spacial score (nSPS) is 30.2. The number of hydrogen-bond acceptors (Lipinski definition) is 5. The maximum atomic E-state index is 13.5. The molecule has 0 spiro atoms. The number of fused-ring (bicyclic) bond motifs is 2. The number of nitrogens with zero attached hydrogens (tertiary/aromatic N) is 1. The lowest BCUT2D eigenvalue weighted by molar-refractivity contribution is -0.132. The number of hydrogen-bond donors (Lipinski definition) is 4. The molecular weight excluding hydrogens is 468 g/mol. The minimum Gasteiger partial charge on any atom is -0.485 e. The van der Waals surface area contributed by atoms with Gasteiger partial charge < -0.3 is 20.5 Å². The Morgan fingerprint density at radius 2 is 1.92 bits per heavy atom. The first kappa shape index (κ1) is 25.3. The van der Waals surface area contributed by atoms with E-state index in [1.807, 2.05) is 50.2 Å². The first-order chi connectivity index (χ1) is 17.4. The van der Waals surface area contributed by atoms with E-state index in [2.05, 4.69) is 17.6 Å². The predicted octanol–water partition coefficient (Wildman–Crippen LogP) is 4.16. The van der Waals surface area contributed by atoms with Crippen LogP contribution in [0.1, 0.15) is 98.9 Å². The van der Waals surface area contributed by atoms with Gasteiger partial charge in [0.1, 0.15) is 17.5 Å². The SMILES string of the molecule is CC[C@]1(C)CC(=O)N([C@H]2C[C@H](C)c3ccc(C(=O)N[C@@H]4c5ccccc5OC(C)(C)[C@H]4O)cc32)C(=N)N1. The minimum atomic E-state index is -0.945. The number of rotatable bonds is 4. The van der Waals surface area contributed by atoms with Crippen LogP contribution in [0.3, 0.4) is 0 Å². The highest BCUT2D eigenvalue weighted by Gasteiger charge is 2.45. The van der Waals surface area contributed by atoms with Crippen LogP contribution < -0.4 is 15.4 Å². The largest absolute Gasteiger partial charge is 0.485 e. The number of guanidine groups is 1. The van der Waals surface area contributed by atoms with Crippen LogP contribution in [-0.4, -0.2) is 45.0 Å². The summed E-state index contributed by atoms with van der Waals surface area (Å²) >= 11 is 0. The van der Waals surface area contributed by atoms with Crippen molar-refractivity contribution in [2.45, 2.75) is 89.1 Å². The predicted molar refractivity (Wildman–Crippen MR) is 141 cm³/mol. The van der Waals surface area contributed by atoms with E-state index in [1.165, 1.54) is 0 Å². The van der Waals surface area contributed by atoms with Crippen LogP contribution in [0.25, 0.3) is 0 Å². The van der Waals surface area contributed by atoms with Crippen molar-refractivity contribution in [2.75, 3.05) is 0 Å². The summed E-state index contributed by atoms with van der Waals surface area (Å²) < 4.78 is 5.98. The lowest BCUT2D eigenvalue weighted by Crippen LogP contribution is -2.61. The van der Waals surface area contributed by atoms with Crippen molar-refractivity contribution in [1.29, 1.82) is 5.41 Å². The zero-order chi connectivity index (χ0) is 26.7. The quantitative estimate of drug-likeness (QED) is 0.499. The molecule has 0 bridgehead atoms. The Morgan fingerprint density at radius 1 is 1.19 bits per heavy atom. The molecule has 8 heteroatoms. The van der Waals surface area contributed by atoms with E-state index in [0.29, 0.717) is 24.2 Å². The van der Waals surface area contributed by atoms with Crippen LogP contribution in [0.5, 0.6) is 5.75 Å². The maximum Gasteiger partial charge on any atom is 0.251 e. The van der Waals surface area contributed by atoms with Crippen molar-refractivity contribution in [3.63, 3.8) is 0 Å².